The van der Waals surface area contributed by atoms with Crippen molar-refractivity contribution < 1.29 is 9.18 Å². The van der Waals surface area contributed by atoms with Crippen LogP contribution in [0.25, 0.3) is 0 Å². The van der Waals surface area contributed by atoms with Crippen LogP contribution in [0.2, 0.25) is 0 Å². The summed E-state index contributed by atoms with van der Waals surface area (Å²) in [4.78, 5) is 16.9. The normalized spacial score (nSPS) is 15.7. The second-order valence-electron chi connectivity index (χ2n) is 7.39. The molecule has 6 heteroatoms. The number of hydrogen-bond acceptors (Lipinski definition) is 3. The van der Waals surface area contributed by atoms with Crippen LogP contribution in [0.4, 0.5) is 4.39 Å². The Balaban J connectivity index is 1.43. The first-order valence-electron chi connectivity index (χ1n) is 9.77. The third-order valence-corrected chi connectivity index (χ3v) is 5.12. The van der Waals surface area contributed by atoms with Crippen molar-refractivity contribution in [2.45, 2.75) is 46.2 Å². The van der Waals surface area contributed by atoms with Gasteiger partial charge in [0.1, 0.15) is 5.82 Å². The van der Waals surface area contributed by atoms with Crippen LogP contribution in [-0.2, 0) is 17.9 Å². The molecule has 0 bridgehead atoms. The molecular formula is C21H29FN4O. The zero-order chi connectivity index (χ0) is 19.2. The fraction of sp³-hybridized carbons (Fsp3) is 0.524. The monoisotopic (exact) mass is 372 g/mol. The lowest BCUT2D eigenvalue weighted by atomic mass is 10.2. The van der Waals surface area contributed by atoms with Gasteiger partial charge in [0.2, 0.25) is 5.91 Å². The van der Waals surface area contributed by atoms with Crippen LogP contribution >= 0.6 is 0 Å². The Morgan fingerprint density at radius 3 is 2.59 bits per heavy atom. The molecule has 0 spiro atoms. The van der Waals surface area contributed by atoms with Crippen LogP contribution in [-0.4, -0.2) is 51.7 Å². The van der Waals surface area contributed by atoms with Crippen LogP contribution in [0.1, 0.15) is 36.2 Å². The van der Waals surface area contributed by atoms with E-state index in [0.29, 0.717) is 6.42 Å². The van der Waals surface area contributed by atoms with Gasteiger partial charge in [-0.3, -0.25) is 14.4 Å². The van der Waals surface area contributed by atoms with Crippen LogP contribution in [0.3, 0.4) is 0 Å². The molecule has 1 amide bonds. The Bertz CT molecular complexity index is 756. The second-order valence-corrected chi connectivity index (χ2v) is 7.39. The summed E-state index contributed by atoms with van der Waals surface area (Å²) in [7, 11) is 0. The molecular weight excluding hydrogens is 343 g/mol. The molecule has 2 heterocycles. The van der Waals surface area contributed by atoms with E-state index in [1.807, 2.05) is 35.6 Å². The molecule has 0 saturated carbocycles. The van der Waals surface area contributed by atoms with Gasteiger partial charge in [0.15, 0.2) is 0 Å². The van der Waals surface area contributed by atoms with Crippen molar-refractivity contribution in [3.63, 3.8) is 0 Å². The number of carbonyl (C=O) groups excluding carboxylic acids is 1. The fourth-order valence-electron chi connectivity index (χ4n) is 3.67. The topological polar surface area (TPSA) is 41.4 Å². The Kier molecular flexibility index (Phi) is 6.61. The zero-order valence-electron chi connectivity index (χ0n) is 16.3. The molecule has 0 atom stereocenters. The zero-order valence-corrected chi connectivity index (χ0v) is 16.3. The minimum Gasteiger partial charge on any atom is -0.341 e. The van der Waals surface area contributed by atoms with Crippen molar-refractivity contribution in [2.24, 2.45) is 0 Å². The standard InChI is InChI=1S/C21H29FN4O/c1-17-15-18(2)26(23-17)12-3-5-21(27)25-11-4-10-24(13-14-25)16-19-6-8-20(22)9-7-19/h6-9,15H,3-5,10-14,16H2,1-2H3. The third-order valence-electron chi connectivity index (χ3n) is 5.12. The number of aryl methyl sites for hydroxylation is 3. The third kappa shape index (κ3) is 5.63. The van der Waals surface area contributed by atoms with E-state index in [2.05, 4.69) is 16.1 Å². The number of amides is 1. The first kappa shape index (κ1) is 19.5. The van der Waals surface area contributed by atoms with Crippen LogP contribution in [0.15, 0.2) is 30.3 Å². The van der Waals surface area contributed by atoms with Gasteiger partial charge in [0, 0.05) is 51.4 Å². The SMILES string of the molecule is Cc1cc(C)n(CCCC(=O)N2CCCN(Cc3ccc(F)cc3)CC2)n1. The molecule has 1 fully saturated rings. The number of carbonyl (C=O) groups is 1. The predicted octanol–water partition coefficient (Wildman–Crippen LogP) is 3.15. The maximum absolute atomic E-state index is 13.0. The summed E-state index contributed by atoms with van der Waals surface area (Å²) in [5.74, 6) is 0.0343. The van der Waals surface area contributed by atoms with E-state index in [0.717, 1.165) is 69.1 Å². The Labute approximate surface area is 160 Å². The van der Waals surface area contributed by atoms with Gasteiger partial charge in [-0.15, -0.1) is 0 Å². The van der Waals surface area contributed by atoms with Crippen molar-refractivity contribution in [1.29, 1.82) is 0 Å². The number of nitrogens with zero attached hydrogens (tertiary/aromatic N) is 4. The van der Waals surface area contributed by atoms with E-state index in [1.54, 1.807) is 0 Å². The molecule has 1 aliphatic heterocycles. The maximum Gasteiger partial charge on any atom is 0.222 e. The van der Waals surface area contributed by atoms with Gasteiger partial charge in [-0.2, -0.15) is 5.10 Å². The molecule has 1 aliphatic rings. The molecule has 1 aromatic heterocycles. The average molecular weight is 372 g/mol. The number of benzene rings is 1. The van der Waals surface area contributed by atoms with Gasteiger partial charge >= 0.3 is 0 Å². The van der Waals surface area contributed by atoms with Gasteiger partial charge in [-0.05, 0) is 50.5 Å². The number of rotatable bonds is 6. The largest absolute Gasteiger partial charge is 0.341 e. The van der Waals surface area contributed by atoms with Gasteiger partial charge in [-0.25, -0.2) is 4.39 Å². The minimum absolute atomic E-state index is 0.202. The summed E-state index contributed by atoms with van der Waals surface area (Å²) in [6.45, 7) is 9.04. The molecule has 2 aromatic rings. The first-order valence-corrected chi connectivity index (χ1v) is 9.77. The molecule has 0 N–H and O–H groups in total. The lowest BCUT2D eigenvalue weighted by molar-refractivity contribution is -0.131. The first-order chi connectivity index (χ1) is 13.0. The number of aromatic nitrogens is 2. The van der Waals surface area contributed by atoms with E-state index in [9.17, 15) is 9.18 Å². The summed E-state index contributed by atoms with van der Waals surface area (Å²) in [5, 5.41) is 4.45. The summed E-state index contributed by atoms with van der Waals surface area (Å²) in [6.07, 6.45) is 2.36. The molecule has 27 heavy (non-hydrogen) atoms. The van der Waals surface area contributed by atoms with E-state index < -0.39 is 0 Å². The maximum atomic E-state index is 13.0. The van der Waals surface area contributed by atoms with Crippen molar-refractivity contribution in [1.82, 2.24) is 19.6 Å². The number of halogens is 1. The summed E-state index contributed by atoms with van der Waals surface area (Å²) in [6, 6.07) is 8.74. The summed E-state index contributed by atoms with van der Waals surface area (Å²) in [5.41, 5.74) is 3.28. The van der Waals surface area contributed by atoms with Crippen LogP contribution in [0.5, 0.6) is 0 Å². The highest BCUT2D eigenvalue weighted by atomic mass is 19.1. The summed E-state index contributed by atoms with van der Waals surface area (Å²) < 4.78 is 15.0. The highest BCUT2D eigenvalue weighted by Crippen LogP contribution is 2.12. The average Bonchev–Trinajstić information content (AvgIpc) is 2.83. The van der Waals surface area contributed by atoms with E-state index in [-0.39, 0.29) is 11.7 Å². The van der Waals surface area contributed by atoms with Crippen molar-refractivity contribution in [3.05, 3.63) is 53.1 Å². The highest BCUT2D eigenvalue weighted by Gasteiger charge is 2.19. The molecule has 1 aromatic carbocycles. The van der Waals surface area contributed by atoms with Gasteiger partial charge < -0.3 is 4.90 Å². The van der Waals surface area contributed by atoms with E-state index in [1.165, 1.54) is 12.1 Å². The molecule has 1 saturated heterocycles. The molecule has 146 valence electrons. The molecule has 3 rings (SSSR count). The minimum atomic E-state index is -0.202. The fourth-order valence-corrected chi connectivity index (χ4v) is 3.67. The highest BCUT2D eigenvalue weighted by molar-refractivity contribution is 5.76. The molecule has 5 nitrogen and oxygen atoms in total. The molecule has 0 radical (unpaired) electrons. The van der Waals surface area contributed by atoms with Crippen molar-refractivity contribution in [3.8, 4) is 0 Å². The Morgan fingerprint density at radius 2 is 1.89 bits per heavy atom. The Hall–Kier alpha value is -2.21. The van der Waals surface area contributed by atoms with Gasteiger partial charge in [0.25, 0.3) is 0 Å². The second kappa shape index (κ2) is 9.13. The molecule has 0 aliphatic carbocycles. The van der Waals surface area contributed by atoms with Crippen molar-refractivity contribution in [2.75, 3.05) is 26.2 Å². The number of hydrogen-bond donors (Lipinski definition) is 0. The van der Waals surface area contributed by atoms with E-state index >= 15 is 0 Å². The predicted molar refractivity (Wildman–Crippen MR) is 104 cm³/mol. The lowest BCUT2D eigenvalue weighted by Gasteiger charge is -2.22. The quantitative estimate of drug-likeness (QED) is 0.782. The van der Waals surface area contributed by atoms with Crippen LogP contribution < -0.4 is 0 Å². The lowest BCUT2D eigenvalue weighted by Crippen LogP contribution is -2.35. The van der Waals surface area contributed by atoms with Gasteiger partial charge in [-0.1, -0.05) is 12.1 Å². The Morgan fingerprint density at radius 1 is 1.11 bits per heavy atom. The van der Waals surface area contributed by atoms with E-state index in [4.69, 9.17) is 0 Å². The summed E-state index contributed by atoms with van der Waals surface area (Å²) >= 11 is 0. The smallest absolute Gasteiger partial charge is 0.222 e. The van der Waals surface area contributed by atoms with Crippen LogP contribution in [0, 0.1) is 19.7 Å². The van der Waals surface area contributed by atoms with Crippen molar-refractivity contribution >= 4 is 5.91 Å². The van der Waals surface area contributed by atoms with Gasteiger partial charge in [0.05, 0.1) is 5.69 Å². The molecule has 0 unspecified atom stereocenters.